The van der Waals surface area contributed by atoms with Crippen LogP contribution < -0.4 is 10.9 Å². The fourth-order valence-electron chi connectivity index (χ4n) is 4.14. The van der Waals surface area contributed by atoms with Gasteiger partial charge in [-0.25, -0.2) is 15.4 Å². The molecule has 6 nitrogen and oxygen atoms in total. The molecule has 1 amide bonds. The molecule has 2 aliphatic heterocycles. The third kappa shape index (κ3) is 3.24. The number of carbonyl (C=O) groups is 1. The minimum atomic E-state index is 0.0906. The van der Waals surface area contributed by atoms with E-state index < -0.39 is 0 Å². The molecule has 0 aliphatic carbocycles. The summed E-state index contributed by atoms with van der Waals surface area (Å²) in [6, 6.07) is 6.27. The number of hydrogen-bond donors (Lipinski definition) is 2. The average Bonchev–Trinajstić information content (AvgIpc) is 3.17. The second-order valence-corrected chi connectivity index (χ2v) is 7.73. The quantitative estimate of drug-likeness (QED) is 0.856. The molecule has 1 aromatic carbocycles. The van der Waals surface area contributed by atoms with Gasteiger partial charge in [0.1, 0.15) is 5.82 Å². The van der Waals surface area contributed by atoms with Crippen molar-refractivity contribution >= 4 is 5.91 Å². The molecule has 0 spiro atoms. The number of fused-ring (bicyclic) bond motifs is 1. The zero-order valence-corrected chi connectivity index (χ0v) is 16.5. The number of amides is 1. The van der Waals surface area contributed by atoms with Crippen LogP contribution in [0.5, 0.6) is 0 Å². The molecule has 2 unspecified atom stereocenters. The third-order valence-corrected chi connectivity index (χ3v) is 5.85. The third-order valence-electron chi connectivity index (χ3n) is 5.85. The van der Waals surface area contributed by atoms with Gasteiger partial charge in [0.15, 0.2) is 0 Å². The summed E-state index contributed by atoms with van der Waals surface area (Å²) in [5.74, 6) is 0.860. The van der Waals surface area contributed by atoms with Crippen LogP contribution in [0, 0.1) is 20.8 Å². The van der Waals surface area contributed by atoms with E-state index in [1.807, 2.05) is 43.9 Å². The lowest BCUT2D eigenvalue weighted by Crippen LogP contribution is -2.44. The van der Waals surface area contributed by atoms with Gasteiger partial charge >= 0.3 is 0 Å². The van der Waals surface area contributed by atoms with Crippen LogP contribution in [0.3, 0.4) is 0 Å². The Hall–Kier alpha value is -2.31. The Balaban J connectivity index is 1.69. The maximum Gasteiger partial charge on any atom is 0.254 e. The van der Waals surface area contributed by atoms with Crippen LogP contribution in [-0.4, -0.2) is 33.4 Å². The van der Waals surface area contributed by atoms with Gasteiger partial charge in [-0.1, -0.05) is 12.1 Å². The van der Waals surface area contributed by atoms with E-state index in [4.69, 9.17) is 9.97 Å². The SMILES string of the molecule is Cc1nc2c(c(C3CCNN3)n1)CC(C)N(C(=O)c1cccc(C)c1C)C2. The van der Waals surface area contributed by atoms with Gasteiger partial charge in [-0.2, -0.15) is 0 Å². The number of rotatable bonds is 2. The maximum absolute atomic E-state index is 13.3. The number of hydrogen-bond acceptors (Lipinski definition) is 5. The van der Waals surface area contributed by atoms with E-state index in [1.165, 1.54) is 5.56 Å². The van der Waals surface area contributed by atoms with Gasteiger partial charge in [0.2, 0.25) is 0 Å². The van der Waals surface area contributed by atoms with Gasteiger partial charge < -0.3 is 4.90 Å². The molecular formula is C21H27N5O. The second-order valence-electron chi connectivity index (χ2n) is 7.73. The molecule has 6 heteroatoms. The lowest BCUT2D eigenvalue weighted by Gasteiger charge is -2.36. The monoisotopic (exact) mass is 365 g/mol. The van der Waals surface area contributed by atoms with Crippen molar-refractivity contribution < 1.29 is 4.79 Å². The first kappa shape index (κ1) is 18.1. The summed E-state index contributed by atoms with van der Waals surface area (Å²) in [5.41, 5.74) is 12.8. The van der Waals surface area contributed by atoms with Gasteiger partial charge in [-0.05, 0) is 57.7 Å². The predicted octanol–water partition coefficient (Wildman–Crippen LogP) is 2.53. The lowest BCUT2D eigenvalue weighted by molar-refractivity contribution is 0.0652. The zero-order chi connectivity index (χ0) is 19.1. The zero-order valence-electron chi connectivity index (χ0n) is 16.5. The smallest absolute Gasteiger partial charge is 0.254 e. The Morgan fingerprint density at radius 2 is 2.04 bits per heavy atom. The first-order valence-corrected chi connectivity index (χ1v) is 9.67. The topological polar surface area (TPSA) is 70.2 Å². The van der Waals surface area contributed by atoms with E-state index in [1.54, 1.807) is 0 Å². The Bertz CT molecular complexity index is 888. The molecule has 27 heavy (non-hydrogen) atoms. The molecule has 2 atom stereocenters. The minimum absolute atomic E-state index is 0.0906. The Morgan fingerprint density at radius 3 is 2.78 bits per heavy atom. The van der Waals surface area contributed by atoms with E-state index in [0.717, 1.165) is 53.3 Å². The highest BCUT2D eigenvalue weighted by Gasteiger charge is 2.33. The molecule has 2 N–H and O–H groups in total. The van der Waals surface area contributed by atoms with Crippen molar-refractivity contribution in [3.63, 3.8) is 0 Å². The molecule has 1 aromatic heterocycles. The number of aryl methyl sites for hydroxylation is 2. The average molecular weight is 365 g/mol. The Morgan fingerprint density at radius 1 is 1.22 bits per heavy atom. The summed E-state index contributed by atoms with van der Waals surface area (Å²) in [4.78, 5) is 24.7. The van der Waals surface area contributed by atoms with Crippen molar-refractivity contribution in [1.29, 1.82) is 0 Å². The first-order valence-electron chi connectivity index (χ1n) is 9.67. The summed E-state index contributed by atoms with van der Waals surface area (Å²) < 4.78 is 0. The fourth-order valence-corrected chi connectivity index (χ4v) is 4.14. The molecule has 3 heterocycles. The summed E-state index contributed by atoms with van der Waals surface area (Å²) in [6.45, 7) is 9.60. The number of hydrazine groups is 1. The van der Waals surface area contributed by atoms with Crippen LogP contribution in [0.15, 0.2) is 18.2 Å². The molecule has 4 rings (SSSR count). The van der Waals surface area contributed by atoms with Gasteiger partial charge in [0.25, 0.3) is 5.91 Å². The van der Waals surface area contributed by atoms with E-state index in [0.29, 0.717) is 6.54 Å². The van der Waals surface area contributed by atoms with Gasteiger partial charge in [-0.15, -0.1) is 0 Å². The van der Waals surface area contributed by atoms with Crippen molar-refractivity contribution in [1.82, 2.24) is 25.7 Å². The highest BCUT2D eigenvalue weighted by molar-refractivity contribution is 5.96. The van der Waals surface area contributed by atoms with Crippen LogP contribution in [0.25, 0.3) is 0 Å². The number of benzene rings is 1. The molecule has 2 aliphatic rings. The van der Waals surface area contributed by atoms with Crippen LogP contribution in [-0.2, 0) is 13.0 Å². The normalized spacial score (nSPS) is 22.0. The molecule has 0 radical (unpaired) electrons. The van der Waals surface area contributed by atoms with Gasteiger partial charge in [0, 0.05) is 23.7 Å². The highest BCUT2D eigenvalue weighted by Crippen LogP contribution is 2.30. The largest absolute Gasteiger partial charge is 0.330 e. The Labute approximate surface area is 160 Å². The molecule has 0 saturated carbocycles. The number of aromatic nitrogens is 2. The molecule has 1 saturated heterocycles. The standard InChI is InChI=1S/C21H27N5O/c1-12-6-5-7-16(14(12)3)21(27)26-11-19-17(10-13(26)2)20(24-15(4)23-19)18-8-9-22-25-18/h5-7,13,18,22,25H,8-11H2,1-4H3. The van der Waals surface area contributed by atoms with E-state index in [-0.39, 0.29) is 18.0 Å². The van der Waals surface area contributed by atoms with E-state index >= 15 is 0 Å². The van der Waals surface area contributed by atoms with Crippen molar-refractivity contribution in [2.45, 2.75) is 59.2 Å². The van der Waals surface area contributed by atoms with Crippen molar-refractivity contribution in [2.24, 2.45) is 0 Å². The minimum Gasteiger partial charge on any atom is -0.330 e. The number of nitrogens with one attached hydrogen (secondary N) is 2. The van der Waals surface area contributed by atoms with Crippen molar-refractivity contribution in [3.8, 4) is 0 Å². The number of carbonyl (C=O) groups excluding carboxylic acids is 1. The van der Waals surface area contributed by atoms with Gasteiger partial charge in [0.05, 0.1) is 24.0 Å². The maximum atomic E-state index is 13.3. The lowest BCUT2D eigenvalue weighted by atomic mass is 9.92. The fraction of sp³-hybridized carbons (Fsp3) is 0.476. The summed E-state index contributed by atoms with van der Waals surface area (Å²) >= 11 is 0. The second kappa shape index (κ2) is 7.02. The van der Waals surface area contributed by atoms with Crippen LogP contribution in [0.2, 0.25) is 0 Å². The molecule has 1 fully saturated rings. The molecular weight excluding hydrogens is 338 g/mol. The van der Waals surface area contributed by atoms with Crippen molar-refractivity contribution in [3.05, 3.63) is 57.7 Å². The van der Waals surface area contributed by atoms with Crippen molar-refractivity contribution in [2.75, 3.05) is 6.54 Å². The van der Waals surface area contributed by atoms with Crippen LogP contribution in [0.1, 0.15) is 63.6 Å². The van der Waals surface area contributed by atoms with E-state index in [2.05, 4.69) is 17.8 Å². The van der Waals surface area contributed by atoms with Crippen LogP contribution >= 0.6 is 0 Å². The van der Waals surface area contributed by atoms with Gasteiger partial charge in [-0.3, -0.25) is 10.2 Å². The highest BCUT2D eigenvalue weighted by atomic mass is 16.2. The molecule has 2 aromatic rings. The predicted molar refractivity (Wildman–Crippen MR) is 104 cm³/mol. The summed E-state index contributed by atoms with van der Waals surface area (Å²) in [7, 11) is 0. The Kier molecular flexibility index (Phi) is 4.70. The van der Waals surface area contributed by atoms with Crippen LogP contribution in [0.4, 0.5) is 0 Å². The summed E-state index contributed by atoms with van der Waals surface area (Å²) in [5, 5.41) is 0. The molecule has 142 valence electrons. The summed E-state index contributed by atoms with van der Waals surface area (Å²) in [6.07, 6.45) is 1.81. The van der Waals surface area contributed by atoms with E-state index in [9.17, 15) is 4.79 Å². The first-order chi connectivity index (χ1) is 13.0. The molecule has 0 bridgehead atoms. The number of nitrogens with zero attached hydrogens (tertiary/aromatic N) is 3.